The molecule has 0 unspecified atom stereocenters. The van der Waals surface area contributed by atoms with Gasteiger partial charge >= 0.3 is 18.2 Å². The first kappa shape index (κ1) is 54.6. The molecule has 15 N–H and O–H groups in total. The monoisotopic (exact) mass is 875 g/mol. The Labute approximate surface area is 362 Å². The van der Waals surface area contributed by atoms with Crippen LogP contribution in [-0.2, 0) is 4.79 Å². The van der Waals surface area contributed by atoms with E-state index in [0.29, 0.717) is 25.0 Å². The van der Waals surface area contributed by atoms with Crippen LogP contribution in [0.5, 0.6) is 0 Å². The van der Waals surface area contributed by atoms with Crippen LogP contribution >= 0.6 is 0 Å². The largest absolute Gasteiger partial charge is 0.490 e. The molecule has 0 aliphatic heterocycles. The first-order chi connectivity index (χ1) is 29.2. The van der Waals surface area contributed by atoms with Gasteiger partial charge in [0, 0.05) is 65.4 Å². The summed E-state index contributed by atoms with van der Waals surface area (Å²) in [5.74, 6) is 0.170. The average molecular weight is 875 g/mol. The Morgan fingerprint density at radius 1 is 0.508 bits per heavy atom. The fourth-order valence-corrected chi connectivity index (χ4v) is 6.27. The van der Waals surface area contributed by atoms with Gasteiger partial charge in [-0.2, -0.15) is 13.2 Å². The number of rotatable bonds is 34. The van der Waals surface area contributed by atoms with Crippen LogP contribution in [-0.4, -0.2) is 122 Å². The van der Waals surface area contributed by atoms with Gasteiger partial charge < -0.3 is 59.9 Å². The molecule has 0 radical (unpaired) electrons. The second-order valence-electron chi connectivity index (χ2n) is 16.2. The standard InChI is InChI=1S/C39H80N14O.C2HF3O2/c40-35(41)46-23-11-3-1-7-15-27-52(28-16-8-2-4-13-25-48-37(44)50-31-33-19-20-33)39(54)53(29-17-9-5-12-24-47-36(42)43)30-18-10-6-14-26-49-38(45)51-32-34-21-22-34;3-2(4,5)1(6)7/h33-34H,1-32H2,(H4,40,41,46)(H4,42,43,47)(H3,44,48,50)(H3,45,49,51);(H,6,7). The van der Waals surface area contributed by atoms with Crippen molar-refractivity contribution in [1.29, 1.82) is 0 Å². The lowest BCUT2D eigenvalue weighted by molar-refractivity contribution is -0.192. The summed E-state index contributed by atoms with van der Waals surface area (Å²) in [6, 6.07) is 0.190. The molecule has 0 heterocycles. The number of carboxylic acids is 1. The van der Waals surface area contributed by atoms with Gasteiger partial charge in [-0.1, -0.05) is 64.2 Å². The second kappa shape index (κ2) is 34.2. The van der Waals surface area contributed by atoms with Crippen molar-refractivity contribution >= 4 is 35.8 Å². The van der Waals surface area contributed by atoms with E-state index >= 15 is 0 Å². The van der Waals surface area contributed by atoms with Crippen LogP contribution in [0.25, 0.3) is 0 Å². The number of hydrogen-bond acceptors (Lipinski definition) is 6. The molecule has 0 aromatic rings. The highest BCUT2D eigenvalue weighted by molar-refractivity contribution is 5.78. The summed E-state index contributed by atoms with van der Waals surface area (Å²) in [6.07, 6.45) is 19.0. The van der Waals surface area contributed by atoms with E-state index in [1.54, 1.807) is 0 Å². The molecule has 2 aliphatic carbocycles. The van der Waals surface area contributed by atoms with E-state index in [0.717, 1.165) is 180 Å². The summed E-state index contributed by atoms with van der Waals surface area (Å²) in [4.78, 5) is 44.4. The minimum atomic E-state index is -5.08. The maximum atomic E-state index is 14.2. The van der Waals surface area contributed by atoms with Gasteiger partial charge in [-0.15, -0.1) is 0 Å². The highest BCUT2D eigenvalue weighted by Crippen LogP contribution is 2.29. The van der Waals surface area contributed by atoms with E-state index < -0.39 is 12.1 Å². The summed E-state index contributed by atoms with van der Waals surface area (Å²) in [5, 5.41) is 13.6. The summed E-state index contributed by atoms with van der Waals surface area (Å²) in [7, 11) is 0. The van der Waals surface area contributed by atoms with Crippen LogP contribution in [0.1, 0.15) is 141 Å². The van der Waals surface area contributed by atoms with Gasteiger partial charge in [0.2, 0.25) is 0 Å². The third kappa shape index (κ3) is 35.0. The van der Waals surface area contributed by atoms with Crippen molar-refractivity contribution in [2.24, 2.45) is 66.2 Å². The third-order valence-corrected chi connectivity index (χ3v) is 10.3. The van der Waals surface area contributed by atoms with Crippen LogP contribution in [0.2, 0.25) is 0 Å². The third-order valence-electron chi connectivity index (χ3n) is 10.3. The van der Waals surface area contributed by atoms with Crippen molar-refractivity contribution in [3.8, 4) is 0 Å². The number of nitrogens with zero attached hydrogens (tertiary/aromatic N) is 6. The number of guanidine groups is 4. The number of halogens is 3. The van der Waals surface area contributed by atoms with E-state index in [9.17, 15) is 18.0 Å². The van der Waals surface area contributed by atoms with Crippen molar-refractivity contribution in [2.75, 3.05) is 65.4 Å². The minimum Gasteiger partial charge on any atom is -0.475 e. The van der Waals surface area contributed by atoms with Gasteiger partial charge in [-0.3, -0.25) is 20.0 Å². The molecular weight excluding hydrogens is 794 g/mol. The summed E-state index contributed by atoms with van der Waals surface area (Å²) in [5.41, 5.74) is 33.9. The molecule has 20 heteroatoms. The number of carbonyl (C=O) groups is 2. The van der Waals surface area contributed by atoms with E-state index in [1.165, 1.54) is 25.7 Å². The quantitative estimate of drug-likeness (QED) is 0.0246. The zero-order valence-electron chi connectivity index (χ0n) is 36.8. The molecule has 354 valence electrons. The Morgan fingerprint density at radius 3 is 1.10 bits per heavy atom. The van der Waals surface area contributed by atoms with Gasteiger partial charge in [0.1, 0.15) is 0 Å². The van der Waals surface area contributed by atoms with Crippen molar-refractivity contribution in [1.82, 2.24) is 20.4 Å². The maximum Gasteiger partial charge on any atom is 0.490 e. The van der Waals surface area contributed by atoms with Crippen LogP contribution in [0.15, 0.2) is 20.0 Å². The van der Waals surface area contributed by atoms with Crippen molar-refractivity contribution in [2.45, 2.75) is 147 Å². The highest BCUT2D eigenvalue weighted by atomic mass is 19.4. The molecule has 17 nitrogen and oxygen atoms in total. The molecule has 0 bridgehead atoms. The minimum absolute atomic E-state index is 0.144. The summed E-state index contributed by atoms with van der Waals surface area (Å²) < 4.78 is 31.7. The van der Waals surface area contributed by atoms with E-state index in [-0.39, 0.29) is 18.0 Å². The highest BCUT2D eigenvalue weighted by Gasteiger charge is 2.38. The first-order valence-corrected chi connectivity index (χ1v) is 22.7. The normalized spacial score (nSPS) is 14.1. The predicted molar refractivity (Wildman–Crippen MR) is 241 cm³/mol. The summed E-state index contributed by atoms with van der Waals surface area (Å²) >= 11 is 0. The molecule has 0 atom stereocenters. The number of urea groups is 1. The van der Waals surface area contributed by atoms with Crippen LogP contribution < -0.4 is 45.0 Å². The molecule has 0 aromatic heterocycles. The SMILES string of the molecule is NC(N)=NCCCCCCCN(CCCCCCCNC(N)=NCC1CC1)C(=O)N(CCCCCCN=C(N)N)CCCCCCNC(N)=NCC1CC1.O=C(O)C(F)(F)F. The smallest absolute Gasteiger partial charge is 0.475 e. The van der Waals surface area contributed by atoms with Crippen LogP contribution in [0.4, 0.5) is 18.0 Å². The zero-order valence-corrected chi connectivity index (χ0v) is 36.8. The molecule has 2 amide bonds. The number of nitrogens with two attached hydrogens (primary N) is 6. The van der Waals surface area contributed by atoms with Crippen molar-refractivity contribution in [3.63, 3.8) is 0 Å². The number of carboxylic acid groups (broad SMARTS) is 1. The summed E-state index contributed by atoms with van der Waals surface area (Å²) in [6.45, 7) is 7.88. The molecular formula is C41H81F3N14O3. The average Bonchev–Trinajstić information content (AvgIpc) is 4.15. The van der Waals surface area contributed by atoms with Crippen LogP contribution in [0, 0.1) is 11.8 Å². The van der Waals surface area contributed by atoms with E-state index in [2.05, 4.69) is 40.4 Å². The number of amides is 2. The van der Waals surface area contributed by atoms with Gasteiger partial charge in [0.15, 0.2) is 23.8 Å². The number of aliphatic carboxylic acids is 1. The zero-order chi connectivity index (χ0) is 45.1. The Bertz CT molecular complexity index is 1290. The maximum absolute atomic E-state index is 14.2. The first-order valence-electron chi connectivity index (χ1n) is 22.7. The lowest BCUT2D eigenvalue weighted by Crippen LogP contribution is -2.45. The van der Waals surface area contributed by atoms with Gasteiger partial charge in [0.05, 0.1) is 0 Å². The fourth-order valence-electron chi connectivity index (χ4n) is 6.27. The Hall–Kier alpha value is -4.39. The molecule has 0 spiro atoms. The molecule has 2 aliphatic rings. The number of carbonyl (C=O) groups excluding carboxylic acids is 1. The molecule has 0 aromatic carbocycles. The Balaban J connectivity index is 0.00000243. The second-order valence-corrected chi connectivity index (χ2v) is 16.2. The Kier molecular flexibility index (Phi) is 30.7. The number of hydrogen-bond donors (Lipinski definition) is 9. The fraction of sp³-hybridized carbons (Fsp3) is 0.854. The number of alkyl halides is 3. The molecule has 0 saturated heterocycles. The number of unbranched alkanes of at least 4 members (excludes halogenated alkanes) is 14. The van der Waals surface area contributed by atoms with Crippen molar-refractivity contribution in [3.05, 3.63) is 0 Å². The lowest BCUT2D eigenvalue weighted by Gasteiger charge is -2.31. The lowest BCUT2D eigenvalue weighted by atomic mass is 10.1. The number of aliphatic imine (C=N–C) groups is 4. The van der Waals surface area contributed by atoms with Gasteiger partial charge in [-0.05, 0) is 88.9 Å². The molecule has 2 saturated carbocycles. The molecule has 2 fully saturated rings. The topological polar surface area (TPSA) is 290 Å². The van der Waals surface area contributed by atoms with Gasteiger partial charge in [0.25, 0.3) is 0 Å². The number of nitrogens with one attached hydrogen (secondary N) is 2. The van der Waals surface area contributed by atoms with Crippen molar-refractivity contribution < 1.29 is 27.9 Å². The Morgan fingerprint density at radius 2 is 0.803 bits per heavy atom. The predicted octanol–water partition coefficient (Wildman–Crippen LogP) is 4.54. The van der Waals surface area contributed by atoms with E-state index in [4.69, 9.17) is 44.3 Å². The molecule has 61 heavy (non-hydrogen) atoms. The van der Waals surface area contributed by atoms with Crippen LogP contribution in [0.3, 0.4) is 0 Å². The van der Waals surface area contributed by atoms with Gasteiger partial charge in [-0.25, -0.2) is 9.59 Å². The molecule has 2 rings (SSSR count). The van der Waals surface area contributed by atoms with E-state index in [1.807, 2.05) is 0 Å².